The fourth-order valence-electron chi connectivity index (χ4n) is 3.77. The third-order valence-corrected chi connectivity index (χ3v) is 5.65. The van der Waals surface area contributed by atoms with Crippen LogP contribution in [0.2, 0.25) is 0 Å². The van der Waals surface area contributed by atoms with Crippen molar-refractivity contribution in [3.63, 3.8) is 0 Å². The van der Waals surface area contributed by atoms with Gasteiger partial charge in [0.2, 0.25) is 11.8 Å². The van der Waals surface area contributed by atoms with Crippen molar-refractivity contribution in [1.29, 1.82) is 0 Å². The molecular formula is C24H31N3O2. The first-order valence-electron chi connectivity index (χ1n) is 10.4. The lowest BCUT2D eigenvalue weighted by Gasteiger charge is -2.32. The van der Waals surface area contributed by atoms with Gasteiger partial charge in [-0.25, -0.2) is 0 Å². The van der Waals surface area contributed by atoms with E-state index < -0.39 is 0 Å². The van der Waals surface area contributed by atoms with Crippen molar-refractivity contribution in [3.05, 3.63) is 54.1 Å². The monoisotopic (exact) mass is 393 g/mol. The number of hydrogen-bond donors (Lipinski definition) is 1. The molecule has 1 aliphatic rings. The van der Waals surface area contributed by atoms with Crippen LogP contribution in [0.4, 0.5) is 17.1 Å². The molecule has 1 heterocycles. The molecule has 2 aromatic rings. The standard InChI is InChI=1S/C24H31N3O2/c1-18-12-15-26(16-13-18)22-10-8-21(9-11-22)25-24(29)14-17-27(20(3)28)23-7-5-4-6-19(23)2/h4-11,18H,12-17H2,1-3H3,(H,25,29). The van der Waals surface area contributed by atoms with E-state index >= 15 is 0 Å². The molecule has 154 valence electrons. The molecule has 1 N–H and O–H groups in total. The van der Waals surface area contributed by atoms with Gasteiger partial charge in [0, 0.05) is 50.0 Å². The summed E-state index contributed by atoms with van der Waals surface area (Å²) in [6, 6.07) is 15.8. The highest BCUT2D eigenvalue weighted by Crippen LogP contribution is 2.24. The molecule has 3 rings (SSSR count). The van der Waals surface area contributed by atoms with Gasteiger partial charge in [-0.3, -0.25) is 9.59 Å². The van der Waals surface area contributed by atoms with E-state index in [1.165, 1.54) is 25.5 Å². The minimum atomic E-state index is -0.0932. The van der Waals surface area contributed by atoms with Crippen molar-refractivity contribution in [2.75, 3.05) is 34.8 Å². The second kappa shape index (κ2) is 9.59. The highest BCUT2D eigenvalue weighted by molar-refractivity contribution is 5.95. The van der Waals surface area contributed by atoms with Gasteiger partial charge in [0.05, 0.1) is 0 Å². The molecule has 1 aliphatic heterocycles. The summed E-state index contributed by atoms with van der Waals surface area (Å²) in [4.78, 5) is 28.5. The first-order chi connectivity index (χ1) is 13.9. The smallest absolute Gasteiger partial charge is 0.226 e. The Labute approximate surface area is 173 Å². The molecule has 0 bridgehead atoms. The van der Waals surface area contributed by atoms with Crippen molar-refractivity contribution in [1.82, 2.24) is 0 Å². The van der Waals surface area contributed by atoms with E-state index in [2.05, 4.69) is 29.3 Å². The Kier molecular flexibility index (Phi) is 6.91. The van der Waals surface area contributed by atoms with Gasteiger partial charge in [-0.2, -0.15) is 0 Å². The minimum Gasteiger partial charge on any atom is -0.372 e. The molecule has 0 aliphatic carbocycles. The van der Waals surface area contributed by atoms with Gasteiger partial charge in [-0.15, -0.1) is 0 Å². The average Bonchev–Trinajstić information content (AvgIpc) is 2.70. The Hall–Kier alpha value is -2.82. The molecule has 1 saturated heterocycles. The molecule has 0 aromatic heterocycles. The number of hydrogen-bond acceptors (Lipinski definition) is 3. The number of nitrogens with one attached hydrogen (secondary N) is 1. The number of nitrogens with zero attached hydrogens (tertiary/aromatic N) is 2. The Bertz CT molecular complexity index is 839. The summed E-state index contributed by atoms with van der Waals surface area (Å²) >= 11 is 0. The van der Waals surface area contributed by atoms with Crippen LogP contribution in [0, 0.1) is 12.8 Å². The topological polar surface area (TPSA) is 52.7 Å². The first kappa shape index (κ1) is 20.9. The second-order valence-corrected chi connectivity index (χ2v) is 7.97. The van der Waals surface area contributed by atoms with Gasteiger partial charge in [-0.05, 0) is 61.6 Å². The lowest BCUT2D eigenvalue weighted by Crippen LogP contribution is -2.33. The number of aryl methyl sites for hydroxylation is 1. The molecule has 0 atom stereocenters. The lowest BCUT2D eigenvalue weighted by molar-refractivity contribution is -0.117. The van der Waals surface area contributed by atoms with Crippen molar-refractivity contribution in [2.24, 2.45) is 5.92 Å². The van der Waals surface area contributed by atoms with Gasteiger partial charge in [0.25, 0.3) is 0 Å². The predicted molar refractivity (Wildman–Crippen MR) is 120 cm³/mol. The molecule has 5 nitrogen and oxygen atoms in total. The fourth-order valence-corrected chi connectivity index (χ4v) is 3.77. The summed E-state index contributed by atoms with van der Waals surface area (Å²) in [5, 5.41) is 2.94. The summed E-state index contributed by atoms with van der Waals surface area (Å²) in [6.07, 6.45) is 2.71. The second-order valence-electron chi connectivity index (χ2n) is 7.97. The molecule has 0 saturated carbocycles. The zero-order valence-corrected chi connectivity index (χ0v) is 17.6. The van der Waals surface area contributed by atoms with E-state index in [1.807, 2.05) is 43.3 Å². The van der Waals surface area contributed by atoms with Crippen LogP contribution in [0.5, 0.6) is 0 Å². The Morgan fingerprint density at radius 3 is 2.34 bits per heavy atom. The predicted octanol–water partition coefficient (Wildman–Crippen LogP) is 4.61. The normalized spacial score (nSPS) is 14.5. The molecule has 29 heavy (non-hydrogen) atoms. The highest BCUT2D eigenvalue weighted by atomic mass is 16.2. The van der Waals surface area contributed by atoms with E-state index in [-0.39, 0.29) is 18.2 Å². The largest absolute Gasteiger partial charge is 0.372 e. The maximum absolute atomic E-state index is 12.4. The van der Waals surface area contributed by atoms with E-state index in [0.29, 0.717) is 6.54 Å². The van der Waals surface area contributed by atoms with Crippen molar-refractivity contribution < 1.29 is 9.59 Å². The quantitative estimate of drug-likeness (QED) is 0.779. The van der Waals surface area contributed by atoms with Crippen molar-refractivity contribution >= 4 is 28.9 Å². The third-order valence-electron chi connectivity index (χ3n) is 5.65. The van der Waals surface area contributed by atoms with Crippen LogP contribution in [0.3, 0.4) is 0 Å². The minimum absolute atomic E-state index is 0.0627. The SMILES string of the molecule is CC(=O)N(CCC(=O)Nc1ccc(N2CCC(C)CC2)cc1)c1ccccc1C. The molecule has 1 fully saturated rings. The average molecular weight is 394 g/mol. The summed E-state index contributed by atoms with van der Waals surface area (Å²) in [5.74, 6) is 0.649. The Balaban J connectivity index is 1.55. The molecule has 0 radical (unpaired) electrons. The zero-order valence-electron chi connectivity index (χ0n) is 17.6. The third kappa shape index (κ3) is 5.59. The summed E-state index contributed by atoms with van der Waals surface area (Å²) < 4.78 is 0. The van der Waals surface area contributed by atoms with Crippen molar-refractivity contribution in [2.45, 2.75) is 40.0 Å². The highest BCUT2D eigenvalue weighted by Gasteiger charge is 2.17. The van der Waals surface area contributed by atoms with Crippen LogP contribution in [0.25, 0.3) is 0 Å². The number of rotatable bonds is 6. The van der Waals surface area contributed by atoms with E-state index in [0.717, 1.165) is 35.9 Å². The molecule has 5 heteroatoms. The molecular weight excluding hydrogens is 362 g/mol. The number of amides is 2. The first-order valence-corrected chi connectivity index (χ1v) is 10.4. The van der Waals surface area contributed by atoms with Gasteiger partial charge in [-0.1, -0.05) is 25.1 Å². The number of carbonyl (C=O) groups excluding carboxylic acids is 2. The molecule has 0 spiro atoms. The number of carbonyl (C=O) groups is 2. The summed E-state index contributed by atoms with van der Waals surface area (Å²) in [6.45, 7) is 8.35. The van der Waals surface area contributed by atoms with E-state index in [9.17, 15) is 9.59 Å². The van der Waals surface area contributed by atoms with Crippen LogP contribution in [0.15, 0.2) is 48.5 Å². The van der Waals surface area contributed by atoms with Crippen LogP contribution in [-0.2, 0) is 9.59 Å². The van der Waals surface area contributed by atoms with Crippen molar-refractivity contribution in [3.8, 4) is 0 Å². The number of piperidine rings is 1. The maximum atomic E-state index is 12.4. The van der Waals surface area contributed by atoms with E-state index in [4.69, 9.17) is 0 Å². The Morgan fingerprint density at radius 2 is 1.72 bits per heavy atom. The van der Waals surface area contributed by atoms with Gasteiger partial charge < -0.3 is 15.1 Å². The number of para-hydroxylation sites is 1. The van der Waals surface area contributed by atoms with Crippen LogP contribution in [-0.4, -0.2) is 31.4 Å². The van der Waals surface area contributed by atoms with Gasteiger partial charge >= 0.3 is 0 Å². The Morgan fingerprint density at radius 1 is 1.07 bits per heavy atom. The number of anilines is 3. The van der Waals surface area contributed by atoms with Gasteiger partial charge in [0.15, 0.2) is 0 Å². The van der Waals surface area contributed by atoms with Crippen LogP contribution in [0.1, 0.15) is 38.7 Å². The fraction of sp³-hybridized carbons (Fsp3) is 0.417. The zero-order chi connectivity index (χ0) is 20.8. The maximum Gasteiger partial charge on any atom is 0.226 e. The summed E-state index contributed by atoms with van der Waals surface area (Å²) in [7, 11) is 0. The molecule has 0 unspecified atom stereocenters. The molecule has 2 aromatic carbocycles. The van der Waals surface area contributed by atoms with Gasteiger partial charge in [0.1, 0.15) is 0 Å². The number of benzene rings is 2. The molecule has 2 amide bonds. The van der Waals surface area contributed by atoms with Crippen LogP contribution >= 0.6 is 0 Å². The lowest BCUT2D eigenvalue weighted by atomic mass is 9.99. The van der Waals surface area contributed by atoms with E-state index in [1.54, 1.807) is 4.90 Å². The summed E-state index contributed by atoms with van der Waals surface area (Å²) in [5.41, 5.74) is 3.87. The van der Waals surface area contributed by atoms with Crippen LogP contribution < -0.4 is 15.1 Å².